The first kappa shape index (κ1) is 17.6. The molecule has 1 fully saturated rings. The number of likely N-dealkylation sites (tertiary alicyclic amines) is 1. The highest BCUT2D eigenvalue weighted by atomic mass is 79.9. The number of nitrogens with one attached hydrogen (secondary N) is 1. The summed E-state index contributed by atoms with van der Waals surface area (Å²) in [5, 5.41) is 6.95. The summed E-state index contributed by atoms with van der Waals surface area (Å²) in [6.07, 6.45) is 2.04. The van der Waals surface area contributed by atoms with Gasteiger partial charge >= 0.3 is 0 Å². The first-order chi connectivity index (χ1) is 11.4. The van der Waals surface area contributed by atoms with Crippen LogP contribution in [-0.2, 0) is 4.79 Å². The third-order valence-corrected chi connectivity index (χ3v) is 5.39. The molecule has 1 amide bonds. The normalized spacial score (nSPS) is 18.1. The lowest BCUT2D eigenvalue weighted by Gasteiger charge is -2.22. The Morgan fingerprint density at radius 3 is 2.67 bits per heavy atom. The van der Waals surface area contributed by atoms with Gasteiger partial charge in [-0.25, -0.2) is 0 Å². The standard InChI is InChI=1S/C17H19Br2N3O2/c1-10-6-12(18)17(13(19)7-10)20-16(23)9-22-5-3-4-14(22)15-8-11(2)21-24-15/h6-8,14H,3-5,9H2,1-2H3,(H,20,23)/t14-/m0/s1. The molecule has 0 spiro atoms. The van der Waals surface area contributed by atoms with Crippen molar-refractivity contribution in [2.24, 2.45) is 0 Å². The number of aromatic nitrogens is 1. The van der Waals surface area contributed by atoms with Crippen molar-refractivity contribution in [3.05, 3.63) is 44.2 Å². The molecule has 2 heterocycles. The van der Waals surface area contributed by atoms with Crippen molar-refractivity contribution < 1.29 is 9.32 Å². The van der Waals surface area contributed by atoms with Gasteiger partial charge in [-0.1, -0.05) is 5.16 Å². The van der Waals surface area contributed by atoms with Crippen molar-refractivity contribution >= 4 is 43.5 Å². The van der Waals surface area contributed by atoms with Crippen LogP contribution in [0.25, 0.3) is 0 Å². The molecule has 1 saturated heterocycles. The van der Waals surface area contributed by atoms with Gasteiger partial charge in [-0.2, -0.15) is 0 Å². The van der Waals surface area contributed by atoms with Crippen LogP contribution in [0, 0.1) is 13.8 Å². The Labute approximate surface area is 158 Å². The third kappa shape index (κ3) is 3.90. The molecule has 3 rings (SSSR count). The van der Waals surface area contributed by atoms with Crippen LogP contribution in [0.4, 0.5) is 5.69 Å². The van der Waals surface area contributed by atoms with Gasteiger partial charge in [-0.15, -0.1) is 0 Å². The highest BCUT2D eigenvalue weighted by Gasteiger charge is 2.30. The molecular weight excluding hydrogens is 438 g/mol. The second kappa shape index (κ2) is 7.37. The zero-order valence-electron chi connectivity index (χ0n) is 13.6. The Morgan fingerprint density at radius 2 is 2.04 bits per heavy atom. The Balaban J connectivity index is 1.68. The van der Waals surface area contributed by atoms with E-state index < -0.39 is 0 Å². The minimum Gasteiger partial charge on any atom is -0.359 e. The van der Waals surface area contributed by atoms with Crippen molar-refractivity contribution in [2.45, 2.75) is 32.7 Å². The molecule has 0 saturated carbocycles. The average Bonchev–Trinajstić information content (AvgIpc) is 3.11. The fourth-order valence-electron chi connectivity index (χ4n) is 3.06. The SMILES string of the molecule is Cc1cc(Br)c(NC(=O)CN2CCC[C@H]2c2cc(C)no2)c(Br)c1. The lowest BCUT2D eigenvalue weighted by molar-refractivity contribution is -0.117. The smallest absolute Gasteiger partial charge is 0.238 e. The highest BCUT2D eigenvalue weighted by Crippen LogP contribution is 2.34. The number of amides is 1. The van der Waals surface area contributed by atoms with E-state index in [4.69, 9.17) is 4.52 Å². The molecule has 0 radical (unpaired) electrons. The van der Waals surface area contributed by atoms with E-state index in [0.717, 1.165) is 51.0 Å². The Hall–Kier alpha value is -1.18. The molecule has 1 aromatic heterocycles. The summed E-state index contributed by atoms with van der Waals surface area (Å²) in [6.45, 7) is 5.13. The number of hydrogen-bond donors (Lipinski definition) is 1. The molecule has 1 aliphatic rings. The second-order valence-corrected chi connectivity index (χ2v) is 7.86. The lowest BCUT2D eigenvalue weighted by Crippen LogP contribution is -2.33. The number of rotatable bonds is 4. The Morgan fingerprint density at radius 1 is 1.33 bits per heavy atom. The second-order valence-electron chi connectivity index (χ2n) is 6.15. The van der Waals surface area contributed by atoms with E-state index in [9.17, 15) is 4.79 Å². The zero-order valence-corrected chi connectivity index (χ0v) is 16.8. The molecular formula is C17H19Br2N3O2. The number of nitrogens with zero attached hydrogens (tertiary/aromatic N) is 2. The molecule has 2 aromatic rings. The molecule has 0 bridgehead atoms. The van der Waals surface area contributed by atoms with Gasteiger partial charge in [0.25, 0.3) is 0 Å². The van der Waals surface area contributed by atoms with Gasteiger partial charge in [0.05, 0.1) is 24.0 Å². The first-order valence-electron chi connectivity index (χ1n) is 7.87. The van der Waals surface area contributed by atoms with Crippen LogP contribution in [0.5, 0.6) is 0 Å². The molecule has 128 valence electrons. The van der Waals surface area contributed by atoms with Gasteiger partial charge in [0.15, 0.2) is 5.76 Å². The molecule has 1 aliphatic heterocycles. The largest absolute Gasteiger partial charge is 0.359 e. The molecule has 5 nitrogen and oxygen atoms in total. The molecule has 1 atom stereocenters. The van der Waals surface area contributed by atoms with Gasteiger partial charge in [0.1, 0.15) is 0 Å². The van der Waals surface area contributed by atoms with Gasteiger partial charge in [0, 0.05) is 15.0 Å². The number of aryl methyl sites for hydroxylation is 2. The quantitative estimate of drug-likeness (QED) is 0.730. The zero-order chi connectivity index (χ0) is 17.3. The maximum absolute atomic E-state index is 12.5. The topological polar surface area (TPSA) is 58.4 Å². The number of anilines is 1. The summed E-state index contributed by atoms with van der Waals surface area (Å²) in [5.41, 5.74) is 2.75. The summed E-state index contributed by atoms with van der Waals surface area (Å²) in [6, 6.07) is 6.04. The monoisotopic (exact) mass is 455 g/mol. The average molecular weight is 457 g/mol. The van der Waals surface area contributed by atoms with Crippen LogP contribution >= 0.6 is 31.9 Å². The molecule has 24 heavy (non-hydrogen) atoms. The van der Waals surface area contributed by atoms with E-state index in [1.807, 2.05) is 32.0 Å². The number of carbonyl (C=O) groups excluding carboxylic acids is 1. The van der Waals surface area contributed by atoms with E-state index in [1.165, 1.54) is 0 Å². The van der Waals surface area contributed by atoms with Crippen LogP contribution in [-0.4, -0.2) is 29.1 Å². The predicted octanol–water partition coefficient (Wildman–Crippen LogP) is 4.59. The van der Waals surface area contributed by atoms with E-state index in [-0.39, 0.29) is 11.9 Å². The predicted molar refractivity (Wildman–Crippen MR) is 100.0 cm³/mol. The van der Waals surface area contributed by atoms with Crippen LogP contribution in [0.1, 0.15) is 35.9 Å². The van der Waals surface area contributed by atoms with Crippen molar-refractivity contribution in [2.75, 3.05) is 18.4 Å². The summed E-state index contributed by atoms with van der Waals surface area (Å²) >= 11 is 7.02. The van der Waals surface area contributed by atoms with E-state index in [0.29, 0.717) is 6.54 Å². The third-order valence-electron chi connectivity index (χ3n) is 4.14. The van der Waals surface area contributed by atoms with Crippen molar-refractivity contribution in [3.8, 4) is 0 Å². The number of hydrogen-bond acceptors (Lipinski definition) is 4. The molecule has 1 N–H and O–H groups in total. The molecule has 1 aromatic carbocycles. The van der Waals surface area contributed by atoms with Crippen LogP contribution in [0.3, 0.4) is 0 Å². The van der Waals surface area contributed by atoms with Gasteiger partial charge in [0.2, 0.25) is 5.91 Å². The van der Waals surface area contributed by atoms with Gasteiger partial charge < -0.3 is 9.84 Å². The number of carbonyl (C=O) groups is 1. The van der Waals surface area contributed by atoms with Crippen LogP contribution < -0.4 is 5.32 Å². The van der Waals surface area contributed by atoms with Crippen LogP contribution in [0.2, 0.25) is 0 Å². The van der Waals surface area contributed by atoms with E-state index in [1.54, 1.807) is 0 Å². The van der Waals surface area contributed by atoms with Gasteiger partial charge in [-0.05, 0) is 82.8 Å². The summed E-state index contributed by atoms with van der Waals surface area (Å²) in [4.78, 5) is 14.6. The summed E-state index contributed by atoms with van der Waals surface area (Å²) < 4.78 is 7.13. The number of halogens is 2. The Bertz CT molecular complexity index is 737. The minimum absolute atomic E-state index is 0.0385. The van der Waals surface area contributed by atoms with Crippen molar-refractivity contribution in [3.63, 3.8) is 0 Å². The van der Waals surface area contributed by atoms with Crippen molar-refractivity contribution in [1.29, 1.82) is 0 Å². The fraction of sp³-hybridized carbons (Fsp3) is 0.412. The minimum atomic E-state index is -0.0385. The van der Waals surface area contributed by atoms with Crippen LogP contribution in [0.15, 0.2) is 31.7 Å². The maximum atomic E-state index is 12.5. The molecule has 0 unspecified atom stereocenters. The first-order valence-corrected chi connectivity index (χ1v) is 9.45. The molecule has 7 heteroatoms. The van der Waals surface area contributed by atoms with Crippen molar-refractivity contribution in [1.82, 2.24) is 10.1 Å². The lowest BCUT2D eigenvalue weighted by atomic mass is 10.1. The maximum Gasteiger partial charge on any atom is 0.238 e. The summed E-state index contributed by atoms with van der Waals surface area (Å²) in [7, 11) is 0. The van der Waals surface area contributed by atoms with E-state index >= 15 is 0 Å². The summed E-state index contributed by atoms with van der Waals surface area (Å²) in [5.74, 6) is 0.805. The van der Waals surface area contributed by atoms with E-state index in [2.05, 4.69) is 47.2 Å². The Kier molecular flexibility index (Phi) is 5.42. The number of benzene rings is 1. The van der Waals surface area contributed by atoms with Gasteiger partial charge in [-0.3, -0.25) is 9.69 Å². The highest BCUT2D eigenvalue weighted by molar-refractivity contribution is 9.11. The fourth-order valence-corrected chi connectivity index (χ4v) is 4.67. The molecule has 0 aliphatic carbocycles.